The van der Waals surface area contributed by atoms with Crippen LogP contribution in [0, 0.1) is 5.92 Å². The van der Waals surface area contributed by atoms with Gasteiger partial charge in [-0.25, -0.2) is 4.79 Å². The molecule has 0 radical (unpaired) electrons. The molecule has 140 valence electrons. The average Bonchev–Trinajstić information content (AvgIpc) is 2.66. The van der Waals surface area contributed by atoms with Gasteiger partial charge < -0.3 is 9.52 Å². The van der Waals surface area contributed by atoms with E-state index in [4.69, 9.17) is 16.0 Å². The number of halogens is 1. The van der Waals surface area contributed by atoms with Gasteiger partial charge in [0.2, 0.25) is 0 Å². The minimum absolute atomic E-state index is 0.00393. The number of hydrogen-bond acceptors (Lipinski definition) is 4. The maximum atomic E-state index is 12.3. The number of nitrogens with zero attached hydrogens (tertiary/aromatic N) is 1. The lowest BCUT2D eigenvalue weighted by Gasteiger charge is -2.31. The lowest BCUT2D eigenvalue weighted by Crippen LogP contribution is -2.33. The van der Waals surface area contributed by atoms with Gasteiger partial charge in [-0.05, 0) is 42.5 Å². The molecule has 1 N–H and O–H groups in total. The van der Waals surface area contributed by atoms with Crippen LogP contribution >= 0.6 is 11.6 Å². The van der Waals surface area contributed by atoms with E-state index in [1.54, 1.807) is 6.07 Å². The monoisotopic (exact) mass is 383 g/mol. The lowest BCUT2D eigenvalue weighted by atomic mass is 9.97. The molecule has 27 heavy (non-hydrogen) atoms. The molecule has 2 aromatic carbocycles. The molecule has 1 aliphatic rings. The summed E-state index contributed by atoms with van der Waals surface area (Å²) in [7, 11) is 0. The maximum absolute atomic E-state index is 12.3. The van der Waals surface area contributed by atoms with Crippen molar-refractivity contribution in [2.75, 3.05) is 13.1 Å². The van der Waals surface area contributed by atoms with Crippen LogP contribution in [0.25, 0.3) is 22.1 Å². The molecule has 0 amide bonds. The number of fused-ring (bicyclic) bond motifs is 1. The molecule has 5 heteroatoms. The first kappa shape index (κ1) is 18.1. The van der Waals surface area contributed by atoms with Crippen molar-refractivity contribution in [3.05, 3.63) is 63.5 Å². The summed E-state index contributed by atoms with van der Waals surface area (Å²) in [6, 6.07) is 12.8. The number of hydrogen-bond donors (Lipinski definition) is 1. The molecule has 0 aliphatic carbocycles. The third kappa shape index (κ3) is 3.60. The number of benzene rings is 2. The Morgan fingerprint density at radius 2 is 2.04 bits per heavy atom. The van der Waals surface area contributed by atoms with Gasteiger partial charge in [0.1, 0.15) is 11.3 Å². The maximum Gasteiger partial charge on any atom is 0.336 e. The fourth-order valence-corrected chi connectivity index (χ4v) is 4.20. The molecule has 0 spiro atoms. The molecular formula is C22H22ClNO3. The van der Waals surface area contributed by atoms with E-state index in [9.17, 15) is 9.90 Å². The van der Waals surface area contributed by atoms with Crippen molar-refractivity contribution in [3.63, 3.8) is 0 Å². The predicted molar refractivity (Wildman–Crippen MR) is 108 cm³/mol. The number of phenols is 1. The van der Waals surface area contributed by atoms with Crippen LogP contribution in [-0.2, 0) is 6.54 Å². The van der Waals surface area contributed by atoms with Gasteiger partial charge in [0, 0.05) is 24.5 Å². The van der Waals surface area contributed by atoms with Crippen molar-refractivity contribution in [2.45, 2.75) is 26.3 Å². The van der Waals surface area contributed by atoms with Crippen LogP contribution < -0.4 is 5.63 Å². The van der Waals surface area contributed by atoms with E-state index in [-0.39, 0.29) is 10.8 Å². The van der Waals surface area contributed by atoms with Gasteiger partial charge in [0.15, 0.2) is 0 Å². The highest BCUT2D eigenvalue weighted by Gasteiger charge is 2.22. The van der Waals surface area contributed by atoms with Crippen LogP contribution in [0.2, 0.25) is 5.02 Å². The predicted octanol–water partition coefficient (Wildman–Crippen LogP) is 5.05. The van der Waals surface area contributed by atoms with E-state index < -0.39 is 5.63 Å². The first-order chi connectivity index (χ1) is 13.0. The second-order valence-electron chi connectivity index (χ2n) is 7.39. The number of piperidine rings is 1. The second kappa shape index (κ2) is 7.37. The quantitative estimate of drug-likeness (QED) is 0.643. The molecule has 1 aromatic heterocycles. The molecule has 4 rings (SSSR count). The van der Waals surface area contributed by atoms with Crippen LogP contribution in [0.15, 0.2) is 51.7 Å². The Bertz CT molecular complexity index is 1030. The number of phenolic OH excluding ortho intramolecular Hbond substituents is 1. The van der Waals surface area contributed by atoms with Crippen molar-refractivity contribution in [1.29, 1.82) is 0 Å². The Morgan fingerprint density at radius 3 is 2.78 bits per heavy atom. The van der Waals surface area contributed by atoms with Gasteiger partial charge in [-0.3, -0.25) is 4.90 Å². The van der Waals surface area contributed by atoms with Gasteiger partial charge >= 0.3 is 5.63 Å². The molecule has 1 atom stereocenters. The summed E-state index contributed by atoms with van der Waals surface area (Å²) in [5, 5.41) is 11.6. The Kier molecular flexibility index (Phi) is 4.94. The first-order valence-corrected chi connectivity index (χ1v) is 9.66. The second-order valence-corrected chi connectivity index (χ2v) is 7.80. The van der Waals surface area contributed by atoms with Crippen molar-refractivity contribution in [2.24, 2.45) is 5.92 Å². The summed E-state index contributed by atoms with van der Waals surface area (Å²) in [5.74, 6) is 0.606. The van der Waals surface area contributed by atoms with E-state index in [1.165, 1.54) is 12.5 Å². The van der Waals surface area contributed by atoms with E-state index >= 15 is 0 Å². The standard InChI is InChI=1S/C22H22ClNO3/c1-14-6-5-9-24(12-14)13-18-21(26)19(23)10-17-16(11-20(25)27-22(17)18)15-7-3-2-4-8-15/h2-4,7-8,10-11,14,26H,5-6,9,12-13H2,1H3/t14-/m0/s1. The van der Waals surface area contributed by atoms with E-state index in [0.29, 0.717) is 23.6 Å². The van der Waals surface area contributed by atoms with Crippen LogP contribution in [0.4, 0.5) is 0 Å². The Balaban J connectivity index is 1.89. The Labute approximate surface area is 163 Å². The van der Waals surface area contributed by atoms with E-state index in [0.717, 1.165) is 36.0 Å². The zero-order valence-corrected chi connectivity index (χ0v) is 16.0. The van der Waals surface area contributed by atoms with Crippen LogP contribution in [0.5, 0.6) is 5.75 Å². The van der Waals surface area contributed by atoms with E-state index in [2.05, 4.69) is 11.8 Å². The fraction of sp³-hybridized carbons (Fsp3) is 0.318. The molecular weight excluding hydrogens is 362 g/mol. The minimum atomic E-state index is -0.434. The lowest BCUT2D eigenvalue weighted by molar-refractivity contribution is 0.175. The Hall–Kier alpha value is -2.30. The van der Waals surface area contributed by atoms with Crippen LogP contribution in [0.3, 0.4) is 0 Å². The van der Waals surface area contributed by atoms with Gasteiger partial charge in [-0.1, -0.05) is 48.9 Å². The molecule has 1 saturated heterocycles. The molecule has 0 saturated carbocycles. The van der Waals surface area contributed by atoms with Gasteiger partial charge in [-0.2, -0.15) is 0 Å². The highest BCUT2D eigenvalue weighted by molar-refractivity contribution is 6.33. The van der Waals surface area contributed by atoms with Crippen molar-refractivity contribution >= 4 is 22.6 Å². The topological polar surface area (TPSA) is 53.7 Å². The largest absolute Gasteiger partial charge is 0.506 e. The van der Waals surface area contributed by atoms with Crippen molar-refractivity contribution in [1.82, 2.24) is 4.90 Å². The summed E-state index contributed by atoms with van der Waals surface area (Å²) in [5.41, 5.74) is 2.24. The van der Waals surface area contributed by atoms with Gasteiger partial charge in [0.05, 0.1) is 10.6 Å². The average molecular weight is 384 g/mol. The molecule has 0 bridgehead atoms. The SMILES string of the molecule is C[C@H]1CCCN(Cc2c(O)c(Cl)cc3c(-c4ccccc4)cc(=O)oc23)C1. The molecule has 1 aliphatic heterocycles. The minimum Gasteiger partial charge on any atom is -0.506 e. The summed E-state index contributed by atoms with van der Waals surface area (Å²) in [6.45, 7) is 4.65. The highest BCUT2D eigenvalue weighted by Crippen LogP contribution is 2.39. The zero-order chi connectivity index (χ0) is 19.0. The number of aromatic hydroxyl groups is 1. The molecule has 1 fully saturated rings. The molecule has 0 unspecified atom stereocenters. The molecule has 3 aromatic rings. The Morgan fingerprint density at radius 1 is 1.26 bits per heavy atom. The van der Waals surface area contributed by atoms with Crippen LogP contribution in [0.1, 0.15) is 25.3 Å². The number of likely N-dealkylation sites (tertiary alicyclic amines) is 1. The third-order valence-corrected chi connectivity index (χ3v) is 5.55. The summed E-state index contributed by atoms with van der Waals surface area (Å²) in [6.07, 6.45) is 2.34. The third-order valence-electron chi connectivity index (χ3n) is 5.26. The van der Waals surface area contributed by atoms with Crippen LogP contribution in [-0.4, -0.2) is 23.1 Å². The molecule has 4 nitrogen and oxygen atoms in total. The normalized spacial score (nSPS) is 18.1. The molecule has 2 heterocycles. The zero-order valence-electron chi connectivity index (χ0n) is 15.2. The summed E-state index contributed by atoms with van der Waals surface area (Å²) >= 11 is 6.35. The van der Waals surface area contributed by atoms with Gasteiger partial charge in [0.25, 0.3) is 0 Å². The first-order valence-electron chi connectivity index (χ1n) is 9.29. The van der Waals surface area contributed by atoms with Crippen molar-refractivity contribution in [3.8, 4) is 16.9 Å². The van der Waals surface area contributed by atoms with Crippen molar-refractivity contribution < 1.29 is 9.52 Å². The smallest absolute Gasteiger partial charge is 0.336 e. The summed E-state index contributed by atoms with van der Waals surface area (Å²) < 4.78 is 5.56. The summed E-state index contributed by atoms with van der Waals surface area (Å²) in [4.78, 5) is 14.6. The highest BCUT2D eigenvalue weighted by atomic mass is 35.5. The van der Waals surface area contributed by atoms with Gasteiger partial charge in [-0.15, -0.1) is 0 Å². The van der Waals surface area contributed by atoms with E-state index in [1.807, 2.05) is 30.3 Å². The number of rotatable bonds is 3. The fourth-order valence-electron chi connectivity index (χ4n) is 3.97.